The Labute approximate surface area is 197 Å². The smallest absolute Gasteiger partial charge is 0.242 e. The number of nitrogens with zero attached hydrogens (tertiary/aromatic N) is 1. The van der Waals surface area contributed by atoms with E-state index in [-0.39, 0.29) is 17.9 Å². The van der Waals surface area contributed by atoms with Crippen molar-refractivity contribution in [1.29, 1.82) is 0 Å². The van der Waals surface area contributed by atoms with Crippen molar-refractivity contribution >= 4 is 11.8 Å². The average Bonchev–Trinajstić information content (AvgIpc) is 2.86. The number of amides is 2. The fourth-order valence-electron chi connectivity index (χ4n) is 4.18. The molecule has 33 heavy (non-hydrogen) atoms. The Hall–Kier alpha value is -2.86. The zero-order valence-electron chi connectivity index (χ0n) is 19.5. The number of carbonyl (C=O) groups is 2. The Morgan fingerprint density at radius 3 is 2.45 bits per heavy atom. The largest absolute Gasteiger partial charge is 0.489 e. The molecule has 1 fully saturated rings. The highest BCUT2D eigenvalue weighted by molar-refractivity contribution is 5.88. The first-order valence-electron chi connectivity index (χ1n) is 12.2. The first-order valence-corrected chi connectivity index (χ1v) is 12.2. The van der Waals surface area contributed by atoms with Gasteiger partial charge in [-0.25, -0.2) is 0 Å². The fraction of sp³-hybridized carbons (Fsp3) is 0.481. The minimum atomic E-state index is -0.358. The third-order valence-electron chi connectivity index (χ3n) is 6.08. The van der Waals surface area contributed by atoms with Gasteiger partial charge in [0.25, 0.3) is 0 Å². The van der Waals surface area contributed by atoms with E-state index in [0.717, 1.165) is 68.4 Å². The summed E-state index contributed by atoms with van der Waals surface area (Å²) in [7, 11) is 0. The van der Waals surface area contributed by atoms with E-state index in [1.54, 1.807) is 4.90 Å². The first-order chi connectivity index (χ1) is 16.2. The predicted molar refractivity (Wildman–Crippen MR) is 131 cm³/mol. The standard InChI is InChI=1S/C27H37N3O3/c28-17-7-1-2-8-18-29-27(32)25-12-6-9-19-30(25)26(31)20-22-13-15-24(16-14-22)33-21-23-10-4-3-5-11-23/h3-5,10-11,13-16,25H,1-2,6-9,12,17-21,28H2,(H,29,32). The molecule has 178 valence electrons. The number of nitrogens with two attached hydrogens (primary N) is 1. The van der Waals surface area contributed by atoms with Gasteiger partial charge in [0.2, 0.25) is 11.8 Å². The van der Waals surface area contributed by atoms with Gasteiger partial charge >= 0.3 is 0 Å². The van der Waals surface area contributed by atoms with Crippen LogP contribution in [-0.2, 0) is 22.6 Å². The van der Waals surface area contributed by atoms with E-state index in [9.17, 15) is 9.59 Å². The van der Waals surface area contributed by atoms with Crippen LogP contribution in [0.2, 0.25) is 0 Å². The van der Waals surface area contributed by atoms with Crippen LogP contribution in [0, 0.1) is 0 Å². The molecule has 1 heterocycles. The summed E-state index contributed by atoms with van der Waals surface area (Å²) in [6.45, 7) is 2.53. The first kappa shape index (κ1) is 24.8. The van der Waals surface area contributed by atoms with Gasteiger partial charge in [0.05, 0.1) is 6.42 Å². The maximum Gasteiger partial charge on any atom is 0.242 e. The van der Waals surface area contributed by atoms with Crippen molar-refractivity contribution < 1.29 is 14.3 Å². The topological polar surface area (TPSA) is 84.7 Å². The maximum atomic E-state index is 13.0. The molecule has 1 aliphatic heterocycles. The van der Waals surface area contributed by atoms with Gasteiger partial charge in [0.15, 0.2) is 0 Å². The summed E-state index contributed by atoms with van der Waals surface area (Å²) in [5.74, 6) is 0.763. The summed E-state index contributed by atoms with van der Waals surface area (Å²) in [4.78, 5) is 27.5. The summed E-state index contributed by atoms with van der Waals surface area (Å²) >= 11 is 0. The fourth-order valence-corrected chi connectivity index (χ4v) is 4.18. The molecule has 2 aromatic rings. The van der Waals surface area contributed by atoms with Gasteiger partial charge in [0.1, 0.15) is 18.4 Å². The van der Waals surface area contributed by atoms with Gasteiger partial charge in [-0.05, 0) is 61.9 Å². The number of ether oxygens (including phenoxy) is 1. The van der Waals surface area contributed by atoms with E-state index < -0.39 is 0 Å². The zero-order chi connectivity index (χ0) is 23.3. The quantitative estimate of drug-likeness (QED) is 0.481. The number of hydrogen-bond donors (Lipinski definition) is 2. The number of piperidine rings is 1. The highest BCUT2D eigenvalue weighted by Crippen LogP contribution is 2.20. The Morgan fingerprint density at radius 2 is 1.70 bits per heavy atom. The molecule has 0 radical (unpaired) electrons. The number of nitrogens with one attached hydrogen (secondary N) is 1. The van der Waals surface area contributed by atoms with Gasteiger partial charge < -0.3 is 20.7 Å². The van der Waals surface area contributed by atoms with Crippen LogP contribution < -0.4 is 15.8 Å². The van der Waals surface area contributed by atoms with Crippen molar-refractivity contribution in [3.05, 3.63) is 65.7 Å². The van der Waals surface area contributed by atoms with Crippen molar-refractivity contribution in [3.63, 3.8) is 0 Å². The summed E-state index contributed by atoms with van der Waals surface area (Å²) in [5, 5.41) is 3.03. The third kappa shape index (κ3) is 8.21. The molecule has 0 spiro atoms. The van der Waals surface area contributed by atoms with Gasteiger partial charge in [-0.3, -0.25) is 9.59 Å². The lowest BCUT2D eigenvalue weighted by atomic mass is 10.00. The molecule has 0 aromatic heterocycles. The van der Waals surface area contributed by atoms with Crippen molar-refractivity contribution in [2.75, 3.05) is 19.6 Å². The average molecular weight is 452 g/mol. The summed E-state index contributed by atoms with van der Waals surface area (Å²) in [5.41, 5.74) is 7.56. The maximum absolute atomic E-state index is 13.0. The summed E-state index contributed by atoms with van der Waals surface area (Å²) in [6.07, 6.45) is 7.09. The lowest BCUT2D eigenvalue weighted by molar-refractivity contribution is -0.141. The molecule has 2 aromatic carbocycles. The minimum absolute atomic E-state index is 0.00995. The van der Waals surface area contributed by atoms with Crippen LogP contribution in [-0.4, -0.2) is 42.4 Å². The molecule has 0 bridgehead atoms. The number of likely N-dealkylation sites (tertiary alicyclic amines) is 1. The van der Waals surface area contributed by atoms with Crippen LogP contribution in [0.4, 0.5) is 0 Å². The predicted octanol–water partition coefficient (Wildman–Crippen LogP) is 3.82. The van der Waals surface area contributed by atoms with Crippen LogP contribution in [0.15, 0.2) is 54.6 Å². The van der Waals surface area contributed by atoms with Crippen LogP contribution in [0.1, 0.15) is 56.1 Å². The molecule has 3 N–H and O–H groups in total. The highest BCUT2D eigenvalue weighted by Gasteiger charge is 2.31. The molecule has 1 saturated heterocycles. The van der Waals surface area contributed by atoms with Crippen LogP contribution in [0.5, 0.6) is 5.75 Å². The molecule has 3 rings (SSSR count). The Kier molecular flexibility index (Phi) is 10.2. The lowest BCUT2D eigenvalue weighted by Gasteiger charge is -2.35. The van der Waals surface area contributed by atoms with Gasteiger partial charge in [-0.1, -0.05) is 55.3 Å². The second kappa shape index (κ2) is 13.6. The minimum Gasteiger partial charge on any atom is -0.489 e. The van der Waals surface area contributed by atoms with Crippen molar-refractivity contribution in [1.82, 2.24) is 10.2 Å². The second-order valence-corrected chi connectivity index (χ2v) is 8.69. The van der Waals surface area contributed by atoms with Crippen molar-refractivity contribution in [2.24, 2.45) is 5.73 Å². The number of unbranched alkanes of at least 4 members (excludes halogenated alkanes) is 3. The van der Waals surface area contributed by atoms with Crippen LogP contribution in [0.3, 0.4) is 0 Å². The van der Waals surface area contributed by atoms with E-state index in [1.807, 2.05) is 54.6 Å². The van der Waals surface area contributed by atoms with E-state index in [1.165, 1.54) is 0 Å². The second-order valence-electron chi connectivity index (χ2n) is 8.69. The molecule has 1 aliphatic rings. The molecular formula is C27H37N3O3. The monoisotopic (exact) mass is 451 g/mol. The summed E-state index contributed by atoms with van der Waals surface area (Å²) < 4.78 is 5.83. The van der Waals surface area contributed by atoms with Gasteiger partial charge in [-0.2, -0.15) is 0 Å². The van der Waals surface area contributed by atoms with Crippen molar-refractivity contribution in [3.8, 4) is 5.75 Å². The van der Waals surface area contributed by atoms with Crippen LogP contribution in [0.25, 0.3) is 0 Å². The number of hydrogen-bond acceptors (Lipinski definition) is 4. The van der Waals surface area contributed by atoms with Crippen LogP contribution >= 0.6 is 0 Å². The van der Waals surface area contributed by atoms with E-state index in [2.05, 4.69) is 5.32 Å². The molecule has 0 aliphatic carbocycles. The Morgan fingerprint density at radius 1 is 0.939 bits per heavy atom. The number of benzene rings is 2. The Bertz CT molecular complexity index is 855. The molecule has 6 heteroatoms. The number of rotatable bonds is 12. The van der Waals surface area contributed by atoms with E-state index in [0.29, 0.717) is 26.1 Å². The molecule has 0 saturated carbocycles. The Balaban J connectivity index is 1.47. The number of carbonyl (C=O) groups excluding carboxylic acids is 2. The van der Waals surface area contributed by atoms with E-state index >= 15 is 0 Å². The third-order valence-corrected chi connectivity index (χ3v) is 6.08. The van der Waals surface area contributed by atoms with E-state index in [4.69, 9.17) is 10.5 Å². The normalized spacial score (nSPS) is 15.8. The molecular weight excluding hydrogens is 414 g/mol. The molecule has 2 amide bonds. The highest BCUT2D eigenvalue weighted by atomic mass is 16.5. The molecule has 1 atom stereocenters. The van der Waals surface area contributed by atoms with Crippen molar-refractivity contribution in [2.45, 2.75) is 64.0 Å². The van der Waals surface area contributed by atoms with Gasteiger partial charge in [0, 0.05) is 13.1 Å². The SMILES string of the molecule is NCCCCCCNC(=O)C1CCCCN1C(=O)Cc1ccc(OCc2ccccc2)cc1. The zero-order valence-corrected chi connectivity index (χ0v) is 19.5. The van der Waals surface area contributed by atoms with Gasteiger partial charge in [-0.15, -0.1) is 0 Å². The summed E-state index contributed by atoms with van der Waals surface area (Å²) in [6, 6.07) is 17.3. The lowest BCUT2D eigenvalue weighted by Crippen LogP contribution is -2.52. The molecule has 1 unspecified atom stereocenters. The molecule has 6 nitrogen and oxygen atoms in total.